The van der Waals surface area contributed by atoms with E-state index in [2.05, 4.69) is 9.62 Å². The Hall–Kier alpha value is -0.470. The molecular weight excluding hydrogens is 296 g/mol. The van der Waals surface area contributed by atoms with Crippen molar-refractivity contribution < 1.29 is 13.5 Å². The number of aliphatic hydroxyl groups is 1. The molecule has 7 heteroatoms. The number of likely N-dealkylation sites (tertiary alicyclic amines) is 1. The first-order valence-electron chi connectivity index (χ1n) is 6.87. The van der Waals surface area contributed by atoms with Crippen LogP contribution in [0.4, 0.5) is 0 Å². The summed E-state index contributed by atoms with van der Waals surface area (Å²) < 4.78 is 27.5. The minimum atomic E-state index is -3.50. The Morgan fingerprint density at radius 2 is 2.10 bits per heavy atom. The maximum Gasteiger partial charge on any atom is 0.241 e. The summed E-state index contributed by atoms with van der Waals surface area (Å²) in [5, 5.41) is 9.10. The third kappa shape index (κ3) is 3.79. The maximum absolute atomic E-state index is 12.4. The van der Waals surface area contributed by atoms with Gasteiger partial charge in [0.25, 0.3) is 0 Å². The summed E-state index contributed by atoms with van der Waals surface area (Å²) in [6.45, 7) is 6.39. The summed E-state index contributed by atoms with van der Waals surface area (Å²) >= 11 is 1.32. The average molecular weight is 318 g/mol. The molecular formula is C13H22N2O3S2. The SMILES string of the molecule is Cc1sc(CO)cc1S(=O)(=O)NC(C)CN1CCCC1. The minimum absolute atomic E-state index is 0.116. The first-order chi connectivity index (χ1) is 9.42. The van der Waals surface area contributed by atoms with Crippen LogP contribution >= 0.6 is 11.3 Å². The van der Waals surface area contributed by atoms with E-state index in [9.17, 15) is 8.42 Å². The number of aryl methyl sites for hydroxylation is 1. The van der Waals surface area contributed by atoms with Crippen LogP contribution in [0.3, 0.4) is 0 Å². The van der Waals surface area contributed by atoms with Gasteiger partial charge in [-0.2, -0.15) is 0 Å². The largest absolute Gasteiger partial charge is 0.391 e. The Balaban J connectivity index is 2.03. The van der Waals surface area contributed by atoms with E-state index < -0.39 is 10.0 Å². The van der Waals surface area contributed by atoms with Gasteiger partial charge >= 0.3 is 0 Å². The number of nitrogens with zero attached hydrogens (tertiary/aromatic N) is 1. The maximum atomic E-state index is 12.4. The summed E-state index contributed by atoms with van der Waals surface area (Å²) in [5.41, 5.74) is 0. The van der Waals surface area contributed by atoms with Gasteiger partial charge in [-0.25, -0.2) is 13.1 Å². The van der Waals surface area contributed by atoms with Gasteiger partial charge in [0.05, 0.1) is 11.5 Å². The summed E-state index contributed by atoms with van der Waals surface area (Å²) in [4.78, 5) is 3.97. The molecule has 0 spiro atoms. The Bertz CT molecular complexity index is 548. The second-order valence-corrected chi connectivity index (χ2v) is 8.34. The van der Waals surface area contributed by atoms with Crippen LogP contribution in [-0.2, 0) is 16.6 Å². The quantitative estimate of drug-likeness (QED) is 0.830. The van der Waals surface area contributed by atoms with Gasteiger partial charge in [0.15, 0.2) is 0 Å². The number of sulfonamides is 1. The van der Waals surface area contributed by atoms with E-state index in [0.29, 0.717) is 9.77 Å². The number of hydrogen-bond donors (Lipinski definition) is 2. The summed E-state index contributed by atoms with van der Waals surface area (Å²) in [5.74, 6) is 0. The molecule has 1 saturated heterocycles. The van der Waals surface area contributed by atoms with E-state index in [4.69, 9.17) is 5.11 Å². The van der Waals surface area contributed by atoms with Crippen molar-refractivity contribution >= 4 is 21.4 Å². The van der Waals surface area contributed by atoms with E-state index >= 15 is 0 Å². The van der Waals surface area contributed by atoms with Gasteiger partial charge in [0.1, 0.15) is 0 Å². The number of hydrogen-bond acceptors (Lipinski definition) is 5. The van der Waals surface area contributed by atoms with Gasteiger partial charge in [-0.15, -0.1) is 11.3 Å². The molecule has 0 saturated carbocycles. The zero-order chi connectivity index (χ0) is 14.8. The first kappa shape index (κ1) is 15.9. The van der Waals surface area contributed by atoms with Crippen LogP contribution in [-0.4, -0.2) is 44.1 Å². The van der Waals surface area contributed by atoms with Gasteiger partial charge in [-0.1, -0.05) is 0 Å². The van der Waals surface area contributed by atoms with Crippen LogP contribution in [0.15, 0.2) is 11.0 Å². The first-order valence-corrected chi connectivity index (χ1v) is 9.17. The van der Waals surface area contributed by atoms with Crippen molar-refractivity contribution in [1.82, 2.24) is 9.62 Å². The van der Waals surface area contributed by atoms with E-state index in [-0.39, 0.29) is 12.6 Å². The molecule has 0 radical (unpaired) electrons. The molecule has 114 valence electrons. The summed E-state index contributed by atoms with van der Waals surface area (Å²) in [7, 11) is -3.50. The van der Waals surface area contributed by atoms with Crippen LogP contribution in [0, 0.1) is 6.92 Å². The highest BCUT2D eigenvalue weighted by atomic mass is 32.2. The average Bonchev–Trinajstić information content (AvgIpc) is 2.97. The van der Waals surface area contributed by atoms with Crippen LogP contribution in [0.2, 0.25) is 0 Å². The molecule has 2 heterocycles. The van der Waals surface area contributed by atoms with Crippen molar-refractivity contribution in [3.8, 4) is 0 Å². The van der Waals surface area contributed by atoms with Crippen LogP contribution in [0.5, 0.6) is 0 Å². The molecule has 2 rings (SSSR count). The highest BCUT2D eigenvalue weighted by Gasteiger charge is 2.23. The molecule has 0 bridgehead atoms. The zero-order valence-corrected chi connectivity index (χ0v) is 13.6. The van der Waals surface area contributed by atoms with Crippen molar-refractivity contribution in [2.75, 3.05) is 19.6 Å². The molecule has 1 atom stereocenters. The van der Waals surface area contributed by atoms with Crippen molar-refractivity contribution in [2.45, 2.75) is 44.2 Å². The zero-order valence-electron chi connectivity index (χ0n) is 11.9. The molecule has 5 nitrogen and oxygen atoms in total. The molecule has 1 aliphatic rings. The van der Waals surface area contributed by atoms with Crippen molar-refractivity contribution in [3.05, 3.63) is 15.8 Å². The number of aliphatic hydroxyl groups excluding tert-OH is 1. The van der Waals surface area contributed by atoms with Gasteiger partial charge in [-0.3, -0.25) is 0 Å². The van der Waals surface area contributed by atoms with E-state index in [1.54, 1.807) is 13.0 Å². The molecule has 0 aliphatic carbocycles. The highest BCUT2D eigenvalue weighted by molar-refractivity contribution is 7.89. The molecule has 1 aromatic heterocycles. The Morgan fingerprint density at radius 3 is 2.65 bits per heavy atom. The lowest BCUT2D eigenvalue weighted by Crippen LogP contribution is -2.41. The summed E-state index contributed by atoms with van der Waals surface area (Å²) in [6.07, 6.45) is 2.39. The van der Waals surface area contributed by atoms with Gasteiger partial charge in [0, 0.05) is 22.3 Å². The Morgan fingerprint density at radius 1 is 1.45 bits per heavy atom. The smallest absolute Gasteiger partial charge is 0.241 e. The predicted molar refractivity (Wildman–Crippen MR) is 80.4 cm³/mol. The third-order valence-corrected chi connectivity index (χ3v) is 6.34. The standard InChI is InChI=1S/C13H22N2O3S2/c1-10(8-15-5-3-4-6-15)14-20(17,18)13-7-12(9-16)19-11(13)2/h7,10,14,16H,3-6,8-9H2,1-2H3. The Labute approximate surface area is 124 Å². The second-order valence-electron chi connectivity index (χ2n) is 5.32. The van der Waals surface area contributed by atoms with E-state index in [0.717, 1.165) is 24.5 Å². The van der Waals surface area contributed by atoms with Gasteiger partial charge in [-0.05, 0) is 45.8 Å². The highest BCUT2D eigenvalue weighted by Crippen LogP contribution is 2.25. The Kier molecular flexibility index (Phi) is 5.19. The fourth-order valence-corrected chi connectivity index (χ4v) is 5.32. The normalized spacial score (nSPS) is 18.6. The van der Waals surface area contributed by atoms with E-state index in [1.165, 1.54) is 24.2 Å². The molecule has 1 aromatic rings. The molecule has 0 aromatic carbocycles. The molecule has 2 N–H and O–H groups in total. The fourth-order valence-electron chi connectivity index (χ4n) is 2.59. The van der Waals surface area contributed by atoms with Crippen LogP contribution in [0.25, 0.3) is 0 Å². The molecule has 20 heavy (non-hydrogen) atoms. The van der Waals surface area contributed by atoms with Gasteiger partial charge in [0.2, 0.25) is 10.0 Å². The topological polar surface area (TPSA) is 69.6 Å². The van der Waals surface area contributed by atoms with Gasteiger partial charge < -0.3 is 10.0 Å². The third-order valence-electron chi connectivity index (χ3n) is 3.46. The molecule has 1 fully saturated rings. The van der Waals surface area contributed by atoms with Crippen molar-refractivity contribution in [3.63, 3.8) is 0 Å². The molecule has 0 amide bonds. The summed E-state index contributed by atoms with van der Waals surface area (Å²) in [6, 6.07) is 1.44. The van der Waals surface area contributed by atoms with Crippen LogP contribution in [0.1, 0.15) is 29.5 Å². The van der Waals surface area contributed by atoms with Crippen molar-refractivity contribution in [2.24, 2.45) is 0 Å². The lowest BCUT2D eigenvalue weighted by Gasteiger charge is -2.21. The number of nitrogens with one attached hydrogen (secondary N) is 1. The lowest BCUT2D eigenvalue weighted by atomic mass is 10.3. The lowest BCUT2D eigenvalue weighted by molar-refractivity contribution is 0.285. The number of rotatable bonds is 6. The predicted octanol–water partition coefficient (Wildman–Crippen LogP) is 1.31. The number of thiophene rings is 1. The monoisotopic (exact) mass is 318 g/mol. The molecule has 1 unspecified atom stereocenters. The van der Waals surface area contributed by atoms with E-state index in [1.807, 2.05) is 6.92 Å². The van der Waals surface area contributed by atoms with Crippen molar-refractivity contribution in [1.29, 1.82) is 0 Å². The van der Waals surface area contributed by atoms with Crippen LogP contribution < -0.4 is 4.72 Å². The second kappa shape index (κ2) is 6.53. The fraction of sp³-hybridized carbons (Fsp3) is 0.692. The molecule has 1 aliphatic heterocycles. The minimum Gasteiger partial charge on any atom is -0.391 e.